The Labute approximate surface area is 102 Å². The van der Waals surface area contributed by atoms with E-state index in [-0.39, 0.29) is 0 Å². The molecule has 0 aliphatic rings. The van der Waals surface area contributed by atoms with Gasteiger partial charge in [0.25, 0.3) is 5.89 Å². The Morgan fingerprint density at radius 3 is 3.06 bits per heavy atom. The van der Waals surface area contributed by atoms with Crippen LogP contribution in [0.5, 0.6) is 0 Å². The minimum atomic E-state index is 0.352. The molecule has 0 aliphatic carbocycles. The van der Waals surface area contributed by atoms with Gasteiger partial charge in [0.2, 0.25) is 5.82 Å². The van der Waals surface area contributed by atoms with Crippen LogP contribution in [0.2, 0.25) is 0 Å². The first-order valence-corrected chi connectivity index (χ1v) is 5.18. The first-order chi connectivity index (χ1) is 8.78. The molecule has 0 aliphatic heterocycles. The standard InChI is InChI=1S/C11H8N6O/c1-17-6-7(5-12)4-8(17)11-15-10(16-18-11)9-13-2-3-14-9/h2-4,6H,1H3,(H,13,14). The molecule has 0 atom stereocenters. The molecule has 0 aromatic carbocycles. The van der Waals surface area contributed by atoms with Gasteiger partial charge in [0, 0.05) is 25.6 Å². The van der Waals surface area contributed by atoms with Gasteiger partial charge in [-0.25, -0.2) is 4.98 Å². The van der Waals surface area contributed by atoms with E-state index in [0.29, 0.717) is 28.8 Å². The molecule has 3 heterocycles. The number of rotatable bonds is 2. The number of hydrogen-bond acceptors (Lipinski definition) is 5. The van der Waals surface area contributed by atoms with Crippen LogP contribution in [0.4, 0.5) is 0 Å². The van der Waals surface area contributed by atoms with Crippen LogP contribution in [0.15, 0.2) is 29.2 Å². The van der Waals surface area contributed by atoms with E-state index in [4.69, 9.17) is 9.78 Å². The fraction of sp³-hybridized carbons (Fsp3) is 0.0909. The van der Waals surface area contributed by atoms with E-state index in [0.717, 1.165) is 0 Å². The van der Waals surface area contributed by atoms with Crippen molar-refractivity contribution >= 4 is 0 Å². The van der Waals surface area contributed by atoms with E-state index < -0.39 is 0 Å². The predicted molar refractivity (Wildman–Crippen MR) is 61.0 cm³/mol. The third-order valence-corrected chi connectivity index (χ3v) is 2.49. The van der Waals surface area contributed by atoms with Crippen LogP contribution in [0, 0.1) is 11.3 Å². The average Bonchev–Trinajstić information content (AvgIpc) is 3.08. The number of imidazole rings is 1. The van der Waals surface area contributed by atoms with Crippen molar-refractivity contribution in [3.63, 3.8) is 0 Å². The SMILES string of the molecule is Cn1cc(C#N)cc1-c1nc(-c2ncc[nH]2)no1. The minimum Gasteiger partial charge on any atom is -0.345 e. The average molecular weight is 240 g/mol. The summed E-state index contributed by atoms with van der Waals surface area (Å²) in [7, 11) is 1.81. The van der Waals surface area contributed by atoms with Crippen molar-refractivity contribution < 1.29 is 4.52 Å². The number of H-pyrrole nitrogens is 1. The van der Waals surface area contributed by atoms with Crippen molar-refractivity contribution in [1.82, 2.24) is 24.7 Å². The number of aromatic nitrogens is 5. The largest absolute Gasteiger partial charge is 0.345 e. The minimum absolute atomic E-state index is 0.352. The van der Waals surface area contributed by atoms with Crippen LogP contribution in [0.3, 0.4) is 0 Å². The third kappa shape index (κ3) is 1.56. The molecule has 0 unspecified atom stereocenters. The van der Waals surface area contributed by atoms with Crippen LogP contribution >= 0.6 is 0 Å². The summed E-state index contributed by atoms with van der Waals surface area (Å²) in [5, 5.41) is 12.7. The van der Waals surface area contributed by atoms with Crippen LogP contribution in [0.1, 0.15) is 5.56 Å². The highest BCUT2D eigenvalue weighted by Crippen LogP contribution is 2.21. The molecular formula is C11H8N6O. The van der Waals surface area contributed by atoms with E-state index in [9.17, 15) is 0 Å². The second kappa shape index (κ2) is 3.85. The maximum Gasteiger partial charge on any atom is 0.274 e. The van der Waals surface area contributed by atoms with Gasteiger partial charge in [-0.05, 0) is 6.07 Å². The molecule has 0 amide bonds. The van der Waals surface area contributed by atoms with Crippen molar-refractivity contribution in [2.45, 2.75) is 0 Å². The van der Waals surface area contributed by atoms with Crippen molar-refractivity contribution in [3.05, 3.63) is 30.2 Å². The van der Waals surface area contributed by atoms with E-state index in [1.807, 2.05) is 7.05 Å². The smallest absolute Gasteiger partial charge is 0.274 e. The number of aryl methyl sites for hydroxylation is 1. The Balaban J connectivity index is 2.03. The van der Waals surface area contributed by atoms with Gasteiger partial charge in [0.15, 0.2) is 5.82 Å². The molecule has 3 rings (SSSR count). The molecular weight excluding hydrogens is 232 g/mol. The molecule has 18 heavy (non-hydrogen) atoms. The Morgan fingerprint density at radius 1 is 1.50 bits per heavy atom. The zero-order valence-corrected chi connectivity index (χ0v) is 9.45. The third-order valence-electron chi connectivity index (χ3n) is 2.49. The first kappa shape index (κ1) is 10.3. The highest BCUT2D eigenvalue weighted by molar-refractivity contribution is 5.55. The number of nitriles is 1. The molecule has 1 N–H and O–H groups in total. The highest BCUT2D eigenvalue weighted by Gasteiger charge is 2.15. The summed E-state index contributed by atoms with van der Waals surface area (Å²) < 4.78 is 6.92. The highest BCUT2D eigenvalue weighted by atomic mass is 16.5. The maximum absolute atomic E-state index is 8.83. The van der Waals surface area contributed by atoms with Gasteiger partial charge in [-0.1, -0.05) is 5.16 Å². The monoisotopic (exact) mass is 240 g/mol. The van der Waals surface area contributed by atoms with E-state index >= 15 is 0 Å². The van der Waals surface area contributed by atoms with Crippen LogP contribution in [-0.2, 0) is 7.05 Å². The molecule has 0 spiro atoms. The second-order valence-corrected chi connectivity index (χ2v) is 3.70. The Bertz CT molecular complexity index is 715. The molecule has 0 saturated heterocycles. The van der Waals surface area contributed by atoms with Crippen LogP contribution in [-0.4, -0.2) is 24.7 Å². The molecule has 0 saturated carbocycles. The molecule has 0 bridgehead atoms. The normalized spacial score (nSPS) is 10.4. The van der Waals surface area contributed by atoms with Gasteiger partial charge >= 0.3 is 0 Å². The molecule has 3 aromatic heterocycles. The lowest BCUT2D eigenvalue weighted by molar-refractivity contribution is 0.429. The lowest BCUT2D eigenvalue weighted by Gasteiger charge is -1.94. The van der Waals surface area contributed by atoms with Crippen molar-refractivity contribution in [3.8, 4) is 29.3 Å². The Morgan fingerprint density at radius 2 is 2.39 bits per heavy atom. The second-order valence-electron chi connectivity index (χ2n) is 3.70. The van der Waals surface area contributed by atoms with Crippen molar-refractivity contribution in [2.75, 3.05) is 0 Å². The van der Waals surface area contributed by atoms with Gasteiger partial charge in [0.05, 0.1) is 5.56 Å². The zero-order chi connectivity index (χ0) is 12.5. The number of nitrogens with one attached hydrogen (secondary N) is 1. The summed E-state index contributed by atoms with van der Waals surface area (Å²) in [4.78, 5) is 11.2. The van der Waals surface area contributed by atoms with E-state index in [1.165, 1.54) is 0 Å². The van der Waals surface area contributed by atoms with E-state index in [2.05, 4.69) is 26.2 Å². The zero-order valence-electron chi connectivity index (χ0n) is 9.45. The topological polar surface area (TPSA) is 96.3 Å². The molecule has 0 fully saturated rings. The summed E-state index contributed by atoms with van der Waals surface area (Å²) in [6.45, 7) is 0. The Kier molecular flexibility index (Phi) is 2.20. The molecule has 3 aromatic rings. The summed E-state index contributed by atoms with van der Waals surface area (Å²) >= 11 is 0. The fourth-order valence-electron chi connectivity index (χ4n) is 1.65. The van der Waals surface area contributed by atoms with Gasteiger partial charge in [0.1, 0.15) is 11.8 Å². The molecule has 7 nitrogen and oxygen atoms in total. The van der Waals surface area contributed by atoms with Gasteiger partial charge in [-0.3, -0.25) is 0 Å². The molecule has 7 heteroatoms. The number of nitrogens with zero attached hydrogens (tertiary/aromatic N) is 5. The predicted octanol–water partition coefficient (Wildman–Crippen LogP) is 1.34. The first-order valence-electron chi connectivity index (χ1n) is 5.18. The maximum atomic E-state index is 8.83. The fourth-order valence-corrected chi connectivity index (χ4v) is 1.65. The van der Waals surface area contributed by atoms with Crippen molar-refractivity contribution in [2.24, 2.45) is 7.05 Å². The number of hydrogen-bond donors (Lipinski definition) is 1. The lowest BCUT2D eigenvalue weighted by Crippen LogP contribution is -1.89. The summed E-state index contributed by atoms with van der Waals surface area (Å²) in [5.41, 5.74) is 1.24. The molecule has 88 valence electrons. The van der Waals surface area contributed by atoms with E-state index in [1.54, 1.807) is 29.2 Å². The van der Waals surface area contributed by atoms with Crippen LogP contribution < -0.4 is 0 Å². The van der Waals surface area contributed by atoms with Gasteiger partial charge < -0.3 is 14.1 Å². The lowest BCUT2D eigenvalue weighted by atomic mass is 10.3. The van der Waals surface area contributed by atoms with Crippen molar-refractivity contribution in [1.29, 1.82) is 5.26 Å². The Hall–Kier alpha value is -2.88. The summed E-state index contributed by atoms with van der Waals surface area (Å²) in [6, 6.07) is 3.76. The van der Waals surface area contributed by atoms with Crippen LogP contribution in [0.25, 0.3) is 23.2 Å². The molecule has 0 radical (unpaired) electrons. The van der Waals surface area contributed by atoms with Gasteiger partial charge in [-0.2, -0.15) is 10.2 Å². The quantitative estimate of drug-likeness (QED) is 0.729. The van der Waals surface area contributed by atoms with Gasteiger partial charge in [-0.15, -0.1) is 0 Å². The number of aromatic amines is 1. The summed E-state index contributed by atoms with van der Waals surface area (Å²) in [5.74, 6) is 1.28. The summed E-state index contributed by atoms with van der Waals surface area (Å²) in [6.07, 6.45) is 5.00.